The van der Waals surface area contributed by atoms with E-state index in [4.69, 9.17) is 20.3 Å². The standard InChI is InChI=1S/C27H30N6O3.C15H14N4O3.C12H18N2O.I2/c34-24(16-31-9-7-19-3-1-2-4-20(19)13-31)12-28-27(35)25-17-32-14-21(5-6-26(32)30-25)22-11-29-33(15-22)23-8-10-36-18-23;20-15(21)13-8-18-6-10(1-2-14(18)17-13)11-5-16-19(7-11)12-3-4-22-9-12;13-7-12(15)9-14-6-5-10-3-1-2-4-11(10)8-14;1-2/h1-6,11,14-15,17,23-24,34H,7-10,12-13,16,18H2,(H,28,35);1-2,5-8,12H,3-4,9H2,(H,20,21);1-4,12,15H,5-9,13H2;/t23-,24+;2*12-;/m110./s1. The van der Waals surface area contributed by atoms with Crippen molar-refractivity contribution in [2.45, 2.75) is 63.1 Å². The van der Waals surface area contributed by atoms with Gasteiger partial charge in [0, 0.05) is 162 Å². The number of aliphatic hydroxyl groups is 2. The maximum atomic E-state index is 12.7. The lowest BCUT2D eigenvalue weighted by Crippen LogP contribution is -2.42. The molecule has 12 rings (SSSR count). The molecule has 4 atom stereocenters. The molecule has 0 radical (unpaired) electrons. The highest BCUT2D eigenvalue weighted by Gasteiger charge is 2.23. The number of carboxylic acid groups (broad SMARTS) is 1. The van der Waals surface area contributed by atoms with Gasteiger partial charge in [0.05, 0.1) is 49.9 Å². The highest BCUT2D eigenvalue weighted by Crippen LogP contribution is 2.27. The third kappa shape index (κ3) is 13.9. The fourth-order valence-corrected chi connectivity index (χ4v) is 9.83. The number of β-amino-alcohol motifs (C(OH)–C–C–N with tert-alkyl or cyclic N) is 2. The summed E-state index contributed by atoms with van der Waals surface area (Å²) in [5.74, 6) is -1.32. The number of aromatic carboxylic acids is 1. The van der Waals surface area contributed by atoms with Gasteiger partial charge in [-0.2, -0.15) is 10.2 Å². The normalized spacial score (nSPS) is 18.1. The van der Waals surface area contributed by atoms with E-state index in [9.17, 15) is 19.8 Å². The monoisotopic (exact) mass is 1240 g/mol. The summed E-state index contributed by atoms with van der Waals surface area (Å²) in [6, 6.07) is 25.1. The van der Waals surface area contributed by atoms with E-state index >= 15 is 0 Å². The lowest BCUT2D eigenvalue weighted by molar-refractivity contribution is 0.0690. The number of carbonyl (C=O) groups excluding carboxylic acids is 1. The number of pyridine rings is 2. The molecule has 10 heterocycles. The first-order chi connectivity index (χ1) is 36.6. The summed E-state index contributed by atoms with van der Waals surface area (Å²) in [6.07, 6.45) is 17.7. The maximum Gasteiger partial charge on any atom is 0.356 e. The Morgan fingerprint density at radius 1 is 0.640 bits per heavy atom. The molecule has 75 heavy (non-hydrogen) atoms. The highest BCUT2D eigenvalue weighted by atomic mass is 128. The van der Waals surface area contributed by atoms with Gasteiger partial charge in [-0.1, -0.05) is 48.5 Å². The smallest absolute Gasteiger partial charge is 0.356 e. The minimum absolute atomic E-state index is 0.0379. The van der Waals surface area contributed by atoms with Gasteiger partial charge in [-0.05, 0) is 72.2 Å². The Balaban J connectivity index is 0.000000150. The first kappa shape index (κ1) is 54.2. The van der Waals surface area contributed by atoms with Crippen LogP contribution in [0.5, 0.6) is 0 Å². The number of ether oxygens (including phenoxy) is 2. The number of amides is 1. The summed E-state index contributed by atoms with van der Waals surface area (Å²) in [7, 11) is 0. The molecule has 6 aromatic heterocycles. The van der Waals surface area contributed by atoms with E-state index in [1.807, 2.05) is 69.1 Å². The summed E-state index contributed by atoms with van der Waals surface area (Å²) in [6.45, 7) is 8.36. The molecule has 4 aliphatic rings. The summed E-state index contributed by atoms with van der Waals surface area (Å²) < 4.78 is 18.3. The number of nitrogens with zero attached hydrogens (tertiary/aromatic N) is 10. The molecule has 6 N–H and O–H groups in total. The van der Waals surface area contributed by atoms with Crippen molar-refractivity contribution in [3.8, 4) is 22.3 Å². The molecule has 4 aliphatic heterocycles. The topological polar surface area (TPSA) is 228 Å². The van der Waals surface area contributed by atoms with Gasteiger partial charge in [-0.3, -0.25) is 24.0 Å². The average Bonchev–Trinajstić information content (AvgIpc) is 4.31. The number of hydrogen-bond donors (Lipinski definition) is 5. The third-order valence-electron chi connectivity index (χ3n) is 13.9. The minimum Gasteiger partial charge on any atom is -0.476 e. The molecule has 0 saturated carbocycles. The van der Waals surface area contributed by atoms with Crippen LogP contribution in [0.1, 0.15) is 68.2 Å². The number of aromatic nitrogens is 8. The van der Waals surface area contributed by atoms with Gasteiger partial charge in [0.25, 0.3) is 5.91 Å². The molecule has 2 saturated heterocycles. The van der Waals surface area contributed by atoms with Crippen LogP contribution in [0.25, 0.3) is 33.5 Å². The Morgan fingerprint density at radius 2 is 1.12 bits per heavy atom. The van der Waals surface area contributed by atoms with E-state index in [2.05, 4.69) is 121 Å². The van der Waals surface area contributed by atoms with Crippen molar-refractivity contribution in [3.05, 3.63) is 156 Å². The molecule has 2 aromatic carbocycles. The summed E-state index contributed by atoms with van der Waals surface area (Å²) in [4.78, 5) is 36.7. The number of rotatable bonds is 13. The molecule has 0 aliphatic carbocycles. The lowest BCUT2D eigenvalue weighted by atomic mass is 10.00. The van der Waals surface area contributed by atoms with Crippen molar-refractivity contribution in [2.24, 2.45) is 5.73 Å². The number of fused-ring (bicyclic) bond motifs is 4. The van der Waals surface area contributed by atoms with E-state index in [-0.39, 0.29) is 24.2 Å². The maximum absolute atomic E-state index is 12.7. The Hall–Kier alpha value is -5.64. The van der Waals surface area contributed by atoms with Crippen molar-refractivity contribution >= 4 is 60.4 Å². The number of aliphatic hydroxyl groups excluding tert-OH is 2. The molecule has 8 aromatic rings. The van der Waals surface area contributed by atoms with E-state index in [1.54, 1.807) is 16.7 Å². The molecule has 0 unspecified atom stereocenters. The van der Waals surface area contributed by atoms with Crippen LogP contribution >= 0.6 is 37.2 Å². The average molecular weight is 1240 g/mol. The number of carbonyl (C=O) groups is 2. The van der Waals surface area contributed by atoms with Gasteiger partial charge in [0.1, 0.15) is 17.0 Å². The van der Waals surface area contributed by atoms with Crippen molar-refractivity contribution in [1.82, 2.24) is 53.4 Å². The molecule has 394 valence electrons. The highest BCUT2D eigenvalue weighted by molar-refractivity contribution is 15.0. The SMILES string of the molecule is II.NC[C@H](O)CN1CCc2ccccc2C1.O=C(NC[C@H](O)CN1CCc2ccccc2C1)c1cn2cc(-c3cnn([C@@H]4CCOC4)c3)ccc2n1.O=C(O)c1cn2cc(-c3cnn([C@@H]4CCOC4)c3)ccc2n1. The number of benzene rings is 2. The molecule has 2 fully saturated rings. The van der Waals surface area contributed by atoms with Gasteiger partial charge in [0.2, 0.25) is 0 Å². The number of carboxylic acids is 1. The number of halogens is 2. The number of nitrogens with two attached hydrogens (primary N) is 1. The first-order valence-corrected chi connectivity index (χ1v) is 31.4. The summed E-state index contributed by atoms with van der Waals surface area (Å²) in [5.41, 5.74) is 16.5. The van der Waals surface area contributed by atoms with Gasteiger partial charge in [0.15, 0.2) is 5.69 Å². The van der Waals surface area contributed by atoms with Crippen LogP contribution < -0.4 is 11.1 Å². The van der Waals surface area contributed by atoms with Gasteiger partial charge < -0.3 is 44.6 Å². The minimum atomic E-state index is -1.03. The molecule has 19 nitrogen and oxygen atoms in total. The van der Waals surface area contributed by atoms with E-state index in [0.717, 1.165) is 87.3 Å². The quantitative estimate of drug-likeness (QED) is 0.0799. The number of nitrogens with one attached hydrogen (secondary N) is 1. The van der Waals surface area contributed by atoms with Crippen LogP contribution in [-0.2, 0) is 35.4 Å². The van der Waals surface area contributed by atoms with Crippen LogP contribution in [-0.4, -0.2) is 153 Å². The molecule has 0 spiro atoms. The first-order valence-electron chi connectivity index (χ1n) is 25.1. The fraction of sp³-hybridized carbons (Fsp3) is 0.370. The van der Waals surface area contributed by atoms with E-state index in [0.29, 0.717) is 55.9 Å². The van der Waals surface area contributed by atoms with Crippen molar-refractivity contribution in [3.63, 3.8) is 0 Å². The zero-order valence-electron chi connectivity index (χ0n) is 41.5. The predicted molar refractivity (Wildman–Crippen MR) is 301 cm³/mol. The molecule has 21 heteroatoms. The molecule has 0 bridgehead atoms. The second-order valence-electron chi connectivity index (χ2n) is 19.1. The summed E-state index contributed by atoms with van der Waals surface area (Å²) >= 11 is 4.24. The molecular weight excluding hydrogens is 1180 g/mol. The van der Waals surface area contributed by atoms with Crippen LogP contribution in [0.4, 0.5) is 0 Å². The lowest BCUT2D eigenvalue weighted by Gasteiger charge is -2.30. The molecule has 1 amide bonds. The Kier molecular flexibility index (Phi) is 18.7. The Labute approximate surface area is 458 Å². The zero-order valence-corrected chi connectivity index (χ0v) is 45.8. The van der Waals surface area contributed by atoms with Crippen LogP contribution in [0.3, 0.4) is 0 Å². The van der Waals surface area contributed by atoms with Gasteiger partial charge in [-0.25, -0.2) is 14.8 Å². The zero-order chi connectivity index (χ0) is 52.3. The van der Waals surface area contributed by atoms with Crippen LogP contribution in [0, 0.1) is 0 Å². The van der Waals surface area contributed by atoms with Crippen molar-refractivity contribution in [1.29, 1.82) is 0 Å². The number of hydrogen-bond acceptors (Lipinski definition) is 13. The second-order valence-corrected chi connectivity index (χ2v) is 19.1. The van der Waals surface area contributed by atoms with Crippen molar-refractivity contribution in [2.75, 3.05) is 65.7 Å². The fourth-order valence-electron chi connectivity index (χ4n) is 9.83. The van der Waals surface area contributed by atoms with Crippen LogP contribution in [0.15, 0.2) is 122 Å². The summed E-state index contributed by atoms with van der Waals surface area (Å²) in [5, 5.41) is 40.8. The van der Waals surface area contributed by atoms with Crippen LogP contribution in [0.2, 0.25) is 0 Å². The molecular formula is C54H62I2N12O7. The largest absolute Gasteiger partial charge is 0.476 e. The second kappa shape index (κ2) is 25.9. The van der Waals surface area contributed by atoms with E-state index < -0.39 is 18.2 Å². The van der Waals surface area contributed by atoms with E-state index in [1.165, 1.54) is 28.5 Å². The third-order valence-corrected chi connectivity index (χ3v) is 13.9. The van der Waals surface area contributed by atoms with Crippen molar-refractivity contribution < 1.29 is 34.4 Å². The Bertz CT molecular complexity index is 3160. The predicted octanol–water partition coefficient (Wildman–Crippen LogP) is 6.30. The number of imidazole rings is 2. The van der Waals surface area contributed by atoms with Gasteiger partial charge >= 0.3 is 5.97 Å². The van der Waals surface area contributed by atoms with Gasteiger partial charge in [-0.15, -0.1) is 0 Å². The Morgan fingerprint density at radius 3 is 1.60 bits per heavy atom.